The molecule has 0 aliphatic heterocycles. The van der Waals surface area contributed by atoms with E-state index in [0.29, 0.717) is 25.8 Å². The number of benzene rings is 1. The first-order chi connectivity index (χ1) is 13.5. The third kappa shape index (κ3) is 4.72. The Bertz CT molecular complexity index is 800. The highest BCUT2D eigenvalue weighted by molar-refractivity contribution is 5.92. The van der Waals surface area contributed by atoms with Crippen LogP contribution in [0.2, 0.25) is 0 Å². The van der Waals surface area contributed by atoms with E-state index in [0.717, 1.165) is 12.0 Å². The number of nitrogens with one attached hydrogen (secondary N) is 2. The zero-order chi connectivity index (χ0) is 20.0. The molecule has 0 spiro atoms. The smallest absolute Gasteiger partial charge is 0.271 e. The van der Waals surface area contributed by atoms with Crippen LogP contribution in [0.25, 0.3) is 0 Å². The van der Waals surface area contributed by atoms with Gasteiger partial charge in [-0.05, 0) is 43.4 Å². The minimum atomic E-state index is -0.606. The number of hydrogen-bond acceptors (Lipinski definition) is 5. The Morgan fingerprint density at radius 3 is 2.57 bits per heavy atom. The largest absolute Gasteiger partial charge is 0.391 e. The van der Waals surface area contributed by atoms with Crippen molar-refractivity contribution >= 4 is 11.8 Å². The molecule has 0 bridgehead atoms. The average Bonchev–Trinajstić information content (AvgIpc) is 2.87. The molecule has 1 aliphatic rings. The molecule has 1 aromatic heterocycles. The van der Waals surface area contributed by atoms with Crippen LogP contribution in [-0.4, -0.2) is 45.8 Å². The molecule has 3 rings (SSSR count). The molecule has 2 amide bonds. The van der Waals surface area contributed by atoms with Crippen molar-refractivity contribution in [2.24, 2.45) is 0 Å². The molecule has 0 saturated heterocycles. The summed E-state index contributed by atoms with van der Waals surface area (Å²) in [7, 11) is 0. The van der Waals surface area contributed by atoms with Crippen LogP contribution in [0.15, 0.2) is 48.7 Å². The monoisotopic (exact) mass is 382 g/mol. The van der Waals surface area contributed by atoms with E-state index in [4.69, 9.17) is 0 Å². The van der Waals surface area contributed by atoms with Gasteiger partial charge in [0.15, 0.2) is 5.69 Å². The third-order valence-corrected chi connectivity index (χ3v) is 5.48. The van der Waals surface area contributed by atoms with E-state index >= 15 is 0 Å². The van der Waals surface area contributed by atoms with Crippen LogP contribution in [-0.2, 0) is 10.2 Å². The highest BCUT2D eigenvalue weighted by Crippen LogP contribution is 2.38. The Labute approximate surface area is 164 Å². The summed E-state index contributed by atoms with van der Waals surface area (Å²) in [5.74, 6) is -0.418. The molecule has 0 radical (unpaired) electrons. The Kier molecular flexibility index (Phi) is 6.36. The van der Waals surface area contributed by atoms with Gasteiger partial charge in [-0.1, -0.05) is 30.3 Å². The van der Waals surface area contributed by atoms with Crippen molar-refractivity contribution in [2.75, 3.05) is 6.54 Å². The van der Waals surface area contributed by atoms with E-state index in [1.807, 2.05) is 18.2 Å². The summed E-state index contributed by atoms with van der Waals surface area (Å²) < 4.78 is 0. The van der Waals surface area contributed by atoms with Gasteiger partial charge >= 0.3 is 0 Å². The van der Waals surface area contributed by atoms with Gasteiger partial charge in [0.1, 0.15) is 0 Å². The fourth-order valence-electron chi connectivity index (χ4n) is 3.93. The molecule has 0 unspecified atom stereocenters. The molecular formula is C21H26N4O3. The lowest BCUT2D eigenvalue weighted by molar-refractivity contribution is -0.120. The number of rotatable bonds is 5. The Morgan fingerprint density at radius 2 is 1.89 bits per heavy atom. The number of hydrogen-bond donors (Lipinski definition) is 3. The van der Waals surface area contributed by atoms with Gasteiger partial charge in [-0.15, -0.1) is 5.10 Å². The van der Waals surface area contributed by atoms with Gasteiger partial charge in [0.05, 0.1) is 12.1 Å². The number of aliphatic hydroxyl groups excluding tert-OH is 1. The molecule has 1 aromatic carbocycles. The molecule has 148 valence electrons. The van der Waals surface area contributed by atoms with Crippen LogP contribution in [0.4, 0.5) is 0 Å². The van der Waals surface area contributed by atoms with Gasteiger partial charge in [0.2, 0.25) is 5.91 Å². The Balaban J connectivity index is 1.81. The summed E-state index contributed by atoms with van der Waals surface area (Å²) in [6.07, 6.45) is 3.54. The van der Waals surface area contributed by atoms with Crippen molar-refractivity contribution in [3.05, 3.63) is 59.9 Å². The van der Waals surface area contributed by atoms with Gasteiger partial charge in [0.25, 0.3) is 5.91 Å². The molecule has 3 atom stereocenters. The van der Waals surface area contributed by atoms with Crippen molar-refractivity contribution < 1.29 is 14.7 Å². The van der Waals surface area contributed by atoms with Crippen molar-refractivity contribution in [3.63, 3.8) is 0 Å². The lowest BCUT2D eigenvalue weighted by Gasteiger charge is -2.34. The molecule has 2 aromatic rings. The first kappa shape index (κ1) is 19.9. The second-order valence-electron chi connectivity index (χ2n) is 7.39. The molecule has 1 heterocycles. The van der Waals surface area contributed by atoms with Crippen LogP contribution in [0.5, 0.6) is 0 Å². The molecule has 7 heteroatoms. The third-order valence-electron chi connectivity index (χ3n) is 5.48. The van der Waals surface area contributed by atoms with Crippen molar-refractivity contribution in [1.29, 1.82) is 0 Å². The summed E-state index contributed by atoms with van der Waals surface area (Å²) in [5.41, 5.74) is 1.06. The Hall–Kier alpha value is -2.80. The number of carbonyl (C=O) groups excluding carboxylic acids is 2. The molecule has 28 heavy (non-hydrogen) atoms. The maximum absolute atomic E-state index is 12.5. The first-order valence-electron chi connectivity index (χ1n) is 9.57. The fourth-order valence-corrected chi connectivity index (χ4v) is 3.93. The zero-order valence-corrected chi connectivity index (χ0v) is 16.0. The van der Waals surface area contributed by atoms with E-state index in [2.05, 4.69) is 33.0 Å². The van der Waals surface area contributed by atoms with Gasteiger partial charge in [-0.3, -0.25) is 9.59 Å². The van der Waals surface area contributed by atoms with E-state index in [9.17, 15) is 14.7 Å². The van der Waals surface area contributed by atoms with Crippen molar-refractivity contribution in [1.82, 2.24) is 20.8 Å². The highest BCUT2D eigenvalue weighted by Gasteiger charge is 2.38. The standard InChI is InChI=1S/C21H26N4O3/c1-15(26)24-17-9-11-21(12-10-19(17)27,16-6-3-2-4-7-16)14-22-20(28)18-8-5-13-23-25-18/h2-8,13,17,19,27H,9-12,14H2,1H3,(H,22,28)(H,24,26)/t17-,19-,21-/m0/s1. The quantitative estimate of drug-likeness (QED) is 0.681. The lowest BCUT2D eigenvalue weighted by atomic mass is 9.74. The normalized spacial score (nSPS) is 24.8. The predicted octanol–water partition coefficient (Wildman–Crippen LogP) is 1.58. The Morgan fingerprint density at radius 1 is 1.14 bits per heavy atom. The average molecular weight is 382 g/mol. The number of aromatic nitrogens is 2. The summed E-state index contributed by atoms with van der Waals surface area (Å²) >= 11 is 0. The van der Waals surface area contributed by atoms with E-state index in [-0.39, 0.29) is 29.0 Å². The number of nitrogens with zero attached hydrogens (tertiary/aromatic N) is 2. The summed E-state index contributed by atoms with van der Waals surface area (Å²) in [6.45, 7) is 1.88. The van der Waals surface area contributed by atoms with Crippen LogP contribution in [0.3, 0.4) is 0 Å². The molecule has 3 N–H and O–H groups in total. The van der Waals surface area contributed by atoms with Gasteiger partial charge in [-0.25, -0.2) is 0 Å². The maximum Gasteiger partial charge on any atom is 0.271 e. The second kappa shape index (κ2) is 8.93. The minimum Gasteiger partial charge on any atom is -0.391 e. The SMILES string of the molecule is CC(=O)N[C@H]1CC[C@](CNC(=O)c2cccnn2)(c2ccccc2)CC[C@@H]1O. The van der Waals surface area contributed by atoms with Crippen LogP contribution in [0.1, 0.15) is 48.7 Å². The minimum absolute atomic E-state index is 0.146. The van der Waals surface area contributed by atoms with Gasteiger partial charge < -0.3 is 15.7 Å². The first-order valence-corrected chi connectivity index (χ1v) is 9.57. The highest BCUT2D eigenvalue weighted by atomic mass is 16.3. The van der Waals surface area contributed by atoms with E-state index < -0.39 is 6.10 Å². The molecule has 1 fully saturated rings. The summed E-state index contributed by atoms with van der Waals surface area (Å²) in [6, 6.07) is 13.1. The number of carbonyl (C=O) groups is 2. The van der Waals surface area contributed by atoms with E-state index in [1.54, 1.807) is 12.1 Å². The van der Waals surface area contributed by atoms with E-state index in [1.165, 1.54) is 13.1 Å². The number of aliphatic hydroxyl groups is 1. The molecule has 7 nitrogen and oxygen atoms in total. The second-order valence-corrected chi connectivity index (χ2v) is 7.39. The fraction of sp³-hybridized carbons (Fsp3) is 0.429. The van der Waals surface area contributed by atoms with Crippen LogP contribution < -0.4 is 10.6 Å². The summed E-state index contributed by atoms with van der Waals surface area (Å²) in [5, 5.41) is 24.0. The predicted molar refractivity (Wildman–Crippen MR) is 105 cm³/mol. The molecular weight excluding hydrogens is 356 g/mol. The topological polar surface area (TPSA) is 104 Å². The number of amides is 2. The maximum atomic E-state index is 12.5. The van der Waals surface area contributed by atoms with Crippen molar-refractivity contribution in [3.8, 4) is 0 Å². The van der Waals surface area contributed by atoms with Gasteiger partial charge in [0, 0.05) is 25.1 Å². The lowest BCUT2D eigenvalue weighted by Crippen LogP contribution is -2.42. The summed E-state index contributed by atoms with van der Waals surface area (Å²) in [4.78, 5) is 24.0. The zero-order valence-electron chi connectivity index (χ0n) is 16.0. The van der Waals surface area contributed by atoms with Crippen molar-refractivity contribution in [2.45, 2.75) is 50.2 Å². The van der Waals surface area contributed by atoms with Gasteiger partial charge in [-0.2, -0.15) is 5.10 Å². The molecule has 1 saturated carbocycles. The molecule has 1 aliphatic carbocycles. The van der Waals surface area contributed by atoms with Crippen LogP contribution in [0, 0.1) is 0 Å². The van der Waals surface area contributed by atoms with Crippen LogP contribution >= 0.6 is 0 Å².